The summed E-state index contributed by atoms with van der Waals surface area (Å²) in [6, 6.07) is 0. The number of fused-ring (bicyclic) bond motifs is 3. The molecule has 0 bridgehead atoms. The lowest BCUT2D eigenvalue weighted by atomic mass is 10.2. The fourth-order valence-electron chi connectivity index (χ4n) is 2.32. The van der Waals surface area contributed by atoms with Gasteiger partial charge in [-0.15, -0.1) is 0 Å². The van der Waals surface area contributed by atoms with E-state index in [2.05, 4.69) is 30.9 Å². The number of anilines is 2. The standard InChI is InChI=1S/C15H18BrN5O2/c1-15(2,3)23-14(22)20(4)13-18-8-9-7-10(16)12-17-5-6-21(12)11(9)19-13/h7-8H,5-6H2,1-4H3. The molecule has 122 valence electrons. The van der Waals surface area contributed by atoms with Crippen molar-refractivity contribution in [2.75, 3.05) is 29.9 Å². The number of amidine groups is 1. The molecule has 2 aliphatic rings. The molecule has 0 radical (unpaired) electrons. The number of halogens is 1. The zero-order valence-electron chi connectivity index (χ0n) is 13.5. The number of aliphatic imine (C=N–C) groups is 1. The molecule has 3 rings (SSSR count). The van der Waals surface area contributed by atoms with Crippen LogP contribution in [0.1, 0.15) is 26.3 Å². The minimum absolute atomic E-state index is 0.302. The Hall–Kier alpha value is -1.96. The molecule has 7 nitrogen and oxygen atoms in total. The number of hydrogen-bond acceptors (Lipinski definition) is 6. The molecule has 8 heteroatoms. The highest BCUT2D eigenvalue weighted by atomic mass is 79.9. The second-order valence-corrected chi connectivity index (χ2v) is 7.19. The number of amides is 1. The Labute approximate surface area is 143 Å². The van der Waals surface area contributed by atoms with Gasteiger partial charge in [-0.05, 0) is 42.8 Å². The van der Waals surface area contributed by atoms with E-state index in [-0.39, 0.29) is 0 Å². The van der Waals surface area contributed by atoms with Crippen LogP contribution in [0.4, 0.5) is 16.6 Å². The van der Waals surface area contributed by atoms with Crippen LogP contribution in [0.2, 0.25) is 0 Å². The summed E-state index contributed by atoms with van der Waals surface area (Å²) in [5, 5.41) is 0. The normalized spacial score (nSPS) is 16.3. The van der Waals surface area contributed by atoms with E-state index < -0.39 is 11.7 Å². The Balaban J connectivity index is 1.91. The SMILES string of the molecule is CN(C(=O)OC(C)(C)C)c1ncc2c(n1)N1CCN=C1C(Br)=C2. The number of ether oxygens (including phenoxy) is 1. The summed E-state index contributed by atoms with van der Waals surface area (Å²) >= 11 is 3.52. The highest BCUT2D eigenvalue weighted by molar-refractivity contribution is 9.12. The van der Waals surface area contributed by atoms with Crippen molar-refractivity contribution in [3.05, 3.63) is 16.2 Å². The van der Waals surface area contributed by atoms with Crippen LogP contribution in [0.5, 0.6) is 0 Å². The van der Waals surface area contributed by atoms with Gasteiger partial charge in [0.1, 0.15) is 17.3 Å². The molecule has 1 amide bonds. The summed E-state index contributed by atoms with van der Waals surface area (Å²) in [5.41, 5.74) is 0.320. The monoisotopic (exact) mass is 379 g/mol. The summed E-state index contributed by atoms with van der Waals surface area (Å²) in [7, 11) is 1.60. The molecule has 0 fully saturated rings. The van der Waals surface area contributed by atoms with Crippen molar-refractivity contribution in [1.29, 1.82) is 0 Å². The molecule has 0 saturated heterocycles. The van der Waals surface area contributed by atoms with Gasteiger partial charge in [0.05, 0.1) is 11.0 Å². The molecule has 1 aromatic heterocycles. The molecule has 0 unspecified atom stereocenters. The first kappa shape index (κ1) is 15.9. The van der Waals surface area contributed by atoms with E-state index in [1.807, 2.05) is 31.7 Å². The predicted octanol–water partition coefficient (Wildman–Crippen LogP) is 2.82. The average molecular weight is 380 g/mol. The molecule has 0 saturated carbocycles. The Morgan fingerprint density at radius 1 is 1.43 bits per heavy atom. The maximum atomic E-state index is 12.2. The molecule has 3 heterocycles. The molecular weight excluding hydrogens is 362 g/mol. The van der Waals surface area contributed by atoms with Crippen LogP contribution in [0, 0.1) is 0 Å². The van der Waals surface area contributed by atoms with Crippen LogP contribution in [-0.2, 0) is 4.74 Å². The first-order chi connectivity index (χ1) is 10.8. The second kappa shape index (κ2) is 5.59. The first-order valence-corrected chi connectivity index (χ1v) is 8.09. The van der Waals surface area contributed by atoms with Gasteiger partial charge in [-0.3, -0.25) is 4.99 Å². The summed E-state index contributed by atoms with van der Waals surface area (Å²) in [5.74, 6) is 1.92. The largest absolute Gasteiger partial charge is 0.443 e. The minimum atomic E-state index is -0.568. The highest BCUT2D eigenvalue weighted by Crippen LogP contribution is 2.33. The third-order valence-electron chi connectivity index (χ3n) is 3.34. The molecule has 0 aliphatic carbocycles. The van der Waals surface area contributed by atoms with Gasteiger partial charge >= 0.3 is 6.09 Å². The number of aromatic nitrogens is 2. The van der Waals surface area contributed by atoms with E-state index in [0.29, 0.717) is 5.95 Å². The summed E-state index contributed by atoms with van der Waals surface area (Å²) < 4.78 is 6.27. The Morgan fingerprint density at radius 3 is 2.87 bits per heavy atom. The molecule has 1 aromatic rings. The quantitative estimate of drug-likeness (QED) is 0.749. The number of carbonyl (C=O) groups excluding carboxylic acids is 1. The zero-order chi connectivity index (χ0) is 16.8. The molecule has 0 atom stereocenters. The minimum Gasteiger partial charge on any atom is -0.443 e. The molecule has 0 aromatic carbocycles. The Morgan fingerprint density at radius 2 is 2.17 bits per heavy atom. The number of hydrogen-bond donors (Lipinski definition) is 0. The summed E-state index contributed by atoms with van der Waals surface area (Å²) in [6.45, 7) is 6.95. The predicted molar refractivity (Wildman–Crippen MR) is 93.2 cm³/mol. The van der Waals surface area contributed by atoms with Gasteiger partial charge in [0.2, 0.25) is 5.95 Å². The van der Waals surface area contributed by atoms with Gasteiger partial charge in [0.15, 0.2) is 0 Å². The van der Waals surface area contributed by atoms with Gasteiger partial charge in [0, 0.05) is 25.4 Å². The average Bonchev–Trinajstić information content (AvgIpc) is 2.95. The molecule has 0 spiro atoms. The highest BCUT2D eigenvalue weighted by Gasteiger charge is 2.30. The van der Waals surface area contributed by atoms with Crippen molar-refractivity contribution in [2.45, 2.75) is 26.4 Å². The third kappa shape index (κ3) is 3.08. The summed E-state index contributed by atoms with van der Waals surface area (Å²) in [6.07, 6.45) is 3.16. The number of rotatable bonds is 1. The maximum absolute atomic E-state index is 12.2. The van der Waals surface area contributed by atoms with Gasteiger partial charge in [-0.2, -0.15) is 4.98 Å². The van der Waals surface area contributed by atoms with Crippen molar-refractivity contribution in [2.24, 2.45) is 4.99 Å². The van der Waals surface area contributed by atoms with Crippen LogP contribution >= 0.6 is 15.9 Å². The number of nitrogens with zero attached hydrogens (tertiary/aromatic N) is 5. The fourth-order valence-corrected chi connectivity index (χ4v) is 2.91. The lowest BCUT2D eigenvalue weighted by Crippen LogP contribution is -2.36. The van der Waals surface area contributed by atoms with Crippen LogP contribution in [0.25, 0.3) is 6.08 Å². The van der Waals surface area contributed by atoms with E-state index in [4.69, 9.17) is 4.74 Å². The Kier molecular flexibility index (Phi) is 3.87. The molecule has 2 aliphatic heterocycles. The van der Waals surface area contributed by atoms with Crippen molar-refractivity contribution < 1.29 is 9.53 Å². The van der Waals surface area contributed by atoms with Crippen molar-refractivity contribution in [1.82, 2.24) is 9.97 Å². The maximum Gasteiger partial charge on any atom is 0.416 e. The third-order valence-corrected chi connectivity index (χ3v) is 3.93. The molecule has 0 N–H and O–H groups in total. The Bertz CT molecular complexity index is 723. The van der Waals surface area contributed by atoms with Crippen molar-refractivity contribution >= 4 is 45.7 Å². The van der Waals surface area contributed by atoms with Gasteiger partial charge in [-0.1, -0.05) is 0 Å². The van der Waals surface area contributed by atoms with E-state index in [1.165, 1.54) is 4.90 Å². The topological polar surface area (TPSA) is 70.9 Å². The fraction of sp³-hybridized carbons (Fsp3) is 0.467. The smallest absolute Gasteiger partial charge is 0.416 e. The van der Waals surface area contributed by atoms with E-state index in [1.54, 1.807) is 13.2 Å². The van der Waals surface area contributed by atoms with Gasteiger partial charge < -0.3 is 9.64 Å². The second-order valence-electron chi connectivity index (χ2n) is 6.34. The lowest BCUT2D eigenvalue weighted by molar-refractivity contribution is 0.0587. The van der Waals surface area contributed by atoms with Crippen LogP contribution in [0.15, 0.2) is 15.7 Å². The van der Waals surface area contributed by atoms with E-state index in [9.17, 15) is 4.79 Å². The van der Waals surface area contributed by atoms with E-state index in [0.717, 1.165) is 34.8 Å². The van der Waals surface area contributed by atoms with E-state index >= 15 is 0 Å². The first-order valence-electron chi connectivity index (χ1n) is 7.29. The van der Waals surface area contributed by atoms with Crippen LogP contribution in [0.3, 0.4) is 0 Å². The zero-order valence-corrected chi connectivity index (χ0v) is 15.1. The molecular formula is C15H18BrN5O2. The number of carbonyl (C=O) groups is 1. The van der Waals surface area contributed by atoms with Crippen LogP contribution in [-0.4, -0.2) is 47.6 Å². The molecule has 23 heavy (non-hydrogen) atoms. The van der Waals surface area contributed by atoms with Crippen molar-refractivity contribution in [3.8, 4) is 0 Å². The van der Waals surface area contributed by atoms with Gasteiger partial charge in [-0.25, -0.2) is 14.7 Å². The summed E-state index contributed by atoms with van der Waals surface area (Å²) in [4.78, 5) is 28.8. The lowest BCUT2D eigenvalue weighted by Gasteiger charge is -2.27. The van der Waals surface area contributed by atoms with Crippen molar-refractivity contribution in [3.63, 3.8) is 0 Å². The van der Waals surface area contributed by atoms with Crippen LogP contribution < -0.4 is 9.80 Å². The van der Waals surface area contributed by atoms with Gasteiger partial charge in [0.25, 0.3) is 0 Å².